The number of rotatable bonds is 5. The van der Waals surface area contributed by atoms with Crippen molar-refractivity contribution >= 4 is 11.9 Å². The summed E-state index contributed by atoms with van der Waals surface area (Å²) in [6.07, 6.45) is 2.49. The van der Waals surface area contributed by atoms with Crippen LogP contribution in [0.1, 0.15) is 44.4 Å². The van der Waals surface area contributed by atoms with Crippen molar-refractivity contribution in [2.24, 2.45) is 0 Å². The second-order valence-corrected chi connectivity index (χ2v) is 7.20. The first-order chi connectivity index (χ1) is 8.85. The lowest BCUT2D eigenvalue weighted by molar-refractivity contribution is 0.612. The van der Waals surface area contributed by atoms with Gasteiger partial charge < -0.3 is 0 Å². The van der Waals surface area contributed by atoms with Crippen molar-refractivity contribution < 1.29 is 4.39 Å². The Labute approximate surface area is 118 Å². The minimum Gasteiger partial charge on any atom is -0.207 e. The molecule has 0 aliphatic heterocycles. The SMILES string of the molecule is C=CCC(N[SH+]C(C)(C)C)c1cc(F)cc(C#N)c1. The number of thiol groups is 1. The normalized spacial score (nSPS) is 12.8. The molecule has 0 saturated heterocycles. The van der Waals surface area contributed by atoms with E-state index in [1.165, 1.54) is 12.1 Å². The van der Waals surface area contributed by atoms with Crippen molar-refractivity contribution in [1.29, 1.82) is 5.26 Å². The van der Waals surface area contributed by atoms with E-state index >= 15 is 0 Å². The van der Waals surface area contributed by atoms with E-state index < -0.39 is 0 Å². The molecule has 2 nitrogen and oxygen atoms in total. The molecule has 1 aromatic rings. The summed E-state index contributed by atoms with van der Waals surface area (Å²) in [5.74, 6) is -0.377. The fraction of sp³-hybridized carbons (Fsp3) is 0.400. The van der Waals surface area contributed by atoms with E-state index in [9.17, 15) is 4.39 Å². The van der Waals surface area contributed by atoms with Gasteiger partial charge in [0.1, 0.15) is 10.6 Å². The number of hydrogen-bond donors (Lipinski definition) is 1. The lowest BCUT2D eigenvalue weighted by Crippen LogP contribution is -2.30. The molecule has 102 valence electrons. The zero-order valence-corrected chi connectivity index (χ0v) is 12.5. The number of benzene rings is 1. The lowest BCUT2D eigenvalue weighted by atomic mass is 10.0. The average molecular weight is 279 g/mol. The van der Waals surface area contributed by atoms with Gasteiger partial charge in [0.05, 0.1) is 29.6 Å². The Bertz CT molecular complexity index is 486. The summed E-state index contributed by atoms with van der Waals surface area (Å²) in [7, 11) is 0. The van der Waals surface area contributed by atoms with Crippen LogP contribution in [0.3, 0.4) is 0 Å². The standard InChI is InChI=1S/C15H19FN2S/c1-5-6-14(18-19-15(2,3)4)12-7-11(10-17)8-13(16)9-12/h5,7-9,14,18H,1,6H2,2-4H3/p+1. The molecule has 0 aliphatic rings. The van der Waals surface area contributed by atoms with Crippen LogP contribution in [0.5, 0.6) is 0 Å². The molecule has 19 heavy (non-hydrogen) atoms. The third-order valence-corrected chi connectivity index (χ3v) is 3.52. The molecule has 0 radical (unpaired) electrons. The van der Waals surface area contributed by atoms with Gasteiger partial charge in [-0.1, -0.05) is 6.08 Å². The van der Waals surface area contributed by atoms with Crippen molar-refractivity contribution in [3.63, 3.8) is 0 Å². The number of nitrogens with zero attached hydrogens (tertiary/aromatic N) is 1. The maximum absolute atomic E-state index is 13.5. The van der Waals surface area contributed by atoms with Gasteiger partial charge in [0.15, 0.2) is 0 Å². The molecule has 1 aromatic carbocycles. The van der Waals surface area contributed by atoms with E-state index in [1.807, 2.05) is 6.07 Å². The van der Waals surface area contributed by atoms with Gasteiger partial charge in [-0.15, -0.1) is 11.3 Å². The Morgan fingerprint density at radius 3 is 2.68 bits per heavy atom. The summed E-state index contributed by atoms with van der Waals surface area (Å²) in [5.41, 5.74) is 1.13. The molecule has 0 bridgehead atoms. The second-order valence-electron chi connectivity index (χ2n) is 5.37. The second kappa shape index (κ2) is 6.74. The van der Waals surface area contributed by atoms with Gasteiger partial charge in [0.2, 0.25) is 0 Å². The van der Waals surface area contributed by atoms with Crippen LogP contribution in [0, 0.1) is 17.1 Å². The Morgan fingerprint density at radius 1 is 1.47 bits per heavy atom. The van der Waals surface area contributed by atoms with Gasteiger partial charge in [0, 0.05) is 0 Å². The fourth-order valence-electron chi connectivity index (χ4n) is 1.58. The van der Waals surface area contributed by atoms with E-state index in [4.69, 9.17) is 5.26 Å². The Kier molecular flexibility index (Phi) is 5.59. The molecule has 0 heterocycles. The quantitative estimate of drug-likeness (QED) is 0.509. The summed E-state index contributed by atoms with van der Waals surface area (Å²) < 4.78 is 17.0. The largest absolute Gasteiger partial charge is 0.207 e. The van der Waals surface area contributed by atoms with Crippen molar-refractivity contribution in [3.05, 3.63) is 47.8 Å². The van der Waals surface area contributed by atoms with E-state index in [-0.39, 0.29) is 16.6 Å². The first-order valence-electron chi connectivity index (χ1n) is 6.14. The highest BCUT2D eigenvalue weighted by Gasteiger charge is 2.23. The topological polar surface area (TPSA) is 35.8 Å². The molecule has 1 unspecified atom stereocenters. The Morgan fingerprint density at radius 2 is 2.16 bits per heavy atom. The van der Waals surface area contributed by atoms with E-state index in [0.29, 0.717) is 12.0 Å². The highest BCUT2D eigenvalue weighted by Crippen LogP contribution is 2.21. The molecule has 4 heteroatoms. The van der Waals surface area contributed by atoms with Gasteiger partial charge in [-0.05, 0) is 51.0 Å². The zero-order chi connectivity index (χ0) is 14.5. The minimum atomic E-state index is -0.377. The van der Waals surface area contributed by atoms with Crippen molar-refractivity contribution in [2.45, 2.75) is 38.0 Å². The smallest absolute Gasteiger partial charge is 0.136 e. The molecule has 1 N–H and O–H groups in total. The van der Waals surface area contributed by atoms with Crippen LogP contribution in [-0.2, 0) is 11.9 Å². The number of halogens is 1. The fourth-order valence-corrected chi connectivity index (χ4v) is 2.38. The van der Waals surface area contributed by atoms with E-state index in [0.717, 1.165) is 17.5 Å². The van der Waals surface area contributed by atoms with Crippen LogP contribution < -0.4 is 4.72 Å². The maximum Gasteiger partial charge on any atom is 0.136 e. The van der Waals surface area contributed by atoms with Crippen LogP contribution in [0.4, 0.5) is 4.39 Å². The first kappa shape index (κ1) is 15.7. The van der Waals surface area contributed by atoms with E-state index in [1.54, 1.807) is 12.1 Å². The van der Waals surface area contributed by atoms with Crippen molar-refractivity contribution in [2.75, 3.05) is 0 Å². The van der Waals surface area contributed by atoms with Gasteiger partial charge in [-0.3, -0.25) is 0 Å². The molecule has 1 atom stereocenters. The Hall–Kier alpha value is -1.31. The number of hydrogen-bond acceptors (Lipinski definition) is 2. The van der Waals surface area contributed by atoms with Crippen LogP contribution >= 0.6 is 0 Å². The van der Waals surface area contributed by atoms with Crippen molar-refractivity contribution in [3.8, 4) is 6.07 Å². The highest BCUT2D eigenvalue weighted by atomic mass is 32.2. The van der Waals surface area contributed by atoms with Gasteiger partial charge >= 0.3 is 0 Å². The maximum atomic E-state index is 13.5. The lowest BCUT2D eigenvalue weighted by Gasteiger charge is -2.17. The average Bonchev–Trinajstić information content (AvgIpc) is 2.32. The van der Waals surface area contributed by atoms with Gasteiger partial charge in [-0.25, -0.2) is 4.39 Å². The number of nitrogens with one attached hydrogen (secondary N) is 1. The molecule has 0 saturated carbocycles. The summed E-state index contributed by atoms with van der Waals surface area (Å²) >= 11 is 1.07. The van der Waals surface area contributed by atoms with Crippen LogP contribution in [0.2, 0.25) is 0 Å². The van der Waals surface area contributed by atoms with Gasteiger partial charge in [-0.2, -0.15) is 5.26 Å². The molecule has 0 amide bonds. The summed E-state index contributed by atoms with van der Waals surface area (Å²) in [6.45, 7) is 10.1. The number of nitriles is 1. The Balaban J connectivity index is 2.95. The van der Waals surface area contributed by atoms with Crippen molar-refractivity contribution in [1.82, 2.24) is 4.72 Å². The van der Waals surface area contributed by atoms with Crippen LogP contribution in [-0.4, -0.2) is 4.75 Å². The summed E-state index contributed by atoms with van der Waals surface area (Å²) in [4.78, 5) is 0. The minimum absolute atomic E-state index is 0.0267. The molecule has 1 rings (SSSR count). The predicted molar refractivity (Wildman–Crippen MR) is 80.3 cm³/mol. The molecule has 0 aromatic heterocycles. The predicted octanol–water partition coefficient (Wildman–Crippen LogP) is 3.43. The van der Waals surface area contributed by atoms with E-state index in [2.05, 4.69) is 32.1 Å². The third kappa shape index (κ3) is 5.46. The molecule has 0 spiro atoms. The summed E-state index contributed by atoms with van der Waals surface area (Å²) in [6, 6.07) is 6.40. The molecular formula is C15H20FN2S+. The monoisotopic (exact) mass is 279 g/mol. The van der Waals surface area contributed by atoms with Crippen LogP contribution in [0.15, 0.2) is 30.9 Å². The first-order valence-corrected chi connectivity index (χ1v) is 7.04. The third-order valence-electron chi connectivity index (χ3n) is 2.41. The highest BCUT2D eigenvalue weighted by molar-refractivity contribution is 7.77. The van der Waals surface area contributed by atoms with Crippen LogP contribution in [0.25, 0.3) is 0 Å². The molecule has 0 fully saturated rings. The molecular weight excluding hydrogens is 259 g/mol. The molecule has 0 aliphatic carbocycles. The summed E-state index contributed by atoms with van der Waals surface area (Å²) in [5, 5.41) is 8.90. The van der Waals surface area contributed by atoms with Gasteiger partial charge in [0.25, 0.3) is 0 Å². The zero-order valence-electron chi connectivity index (χ0n) is 11.6.